The zero-order valence-electron chi connectivity index (χ0n) is 22.3. The molecule has 34 heavy (non-hydrogen) atoms. The molecule has 0 fully saturated rings. The first-order valence-electron chi connectivity index (χ1n) is 12.0. The van der Waals surface area contributed by atoms with Gasteiger partial charge in [-0.15, -0.1) is 0 Å². The average molecular weight is 471 g/mol. The van der Waals surface area contributed by atoms with E-state index in [9.17, 15) is 0 Å². The lowest BCUT2D eigenvalue weighted by Gasteiger charge is -2.19. The van der Waals surface area contributed by atoms with Crippen molar-refractivity contribution in [3.8, 4) is 11.5 Å². The number of fused-ring (bicyclic) bond motifs is 2. The lowest BCUT2D eigenvalue weighted by molar-refractivity contribution is 0.174. The van der Waals surface area contributed by atoms with Crippen molar-refractivity contribution in [2.45, 2.75) is 55.0 Å². The van der Waals surface area contributed by atoms with Gasteiger partial charge in [0.1, 0.15) is 11.3 Å². The topological polar surface area (TPSA) is 85.3 Å². The molecule has 0 aliphatic carbocycles. The maximum Gasteiger partial charge on any atom is 0.231 e. The number of imidazole rings is 1. The van der Waals surface area contributed by atoms with Gasteiger partial charge in [-0.05, 0) is 37.0 Å². The summed E-state index contributed by atoms with van der Waals surface area (Å²) in [5.41, 5.74) is 4.65. The normalized spacial score (nSPS) is 11.9. The van der Waals surface area contributed by atoms with Crippen LogP contribution in [0.25, 0.3) is 11.0 Å². The smallest absolute Gasteiger partial charge is 0.231 e. The van der Waals surface area contributed by atoms with Crippen LogP contribution < -0.4 is 25.4 Å². The van der Waals surface area contributed by atoms with E-state index in [4.69, 9.17) is 9.47 Å². The van der Waals surface area contributed by atoms with E-state index in [-0.39, 0.29) is 0 Å². The number of rotatable bonds is 6. The average Bonchev–Trinajstić information content (AvgIpc) is 3.40. The molecule has 8 heteroatoms. The van der Waals surface area contributed by atoms with Crippen LogP contribution in [0.3, 0.4) is 0 Å². The summed E-state index contributed by atoms with van der Waals surface area (Å²) in [6.07, 6.45) is 1.83. The fourth-order valence-electron chi connectivity index (χ4n) is 3.60. The largest absolute Gasteiger partial charge is 0.454 e. The molecule has 1 aliphatic rings. The van der Waals surface area contributed by atoms with Crippen molar-refractivity contribution in [1.82, 2.24) is 19.9 Å². The molecule has 0 radical (unpaired) electrons. The lowest BCUT2D eigenvalue weighted by atomic mass is 9.97. The number of ether oxygens (including phenoxy) is 2. The number of hydrogen-bond acceptors (Lipinski definition) is 7. The van der Waals surface area contributed by atoms with Gasteiger partial charge in [-0.25, -0.2) is 9.97 Å². The Hall–Kier alpha value is -3.00. The molecule has 0 bridgehead atoms. The van der Waals surface area contributed by atoms with Crippen LogP contribution in [0.2, 0.25) is 0 Å². The molecule has 0 saturated carbocycles. The first kappa shape index (κ1) is 27.2. The second-order valence-electron chi connectivity index (χ2n) is 9.10. The van der Waals surface area contributed by atoms with E-state index in [1.165, 1.54) is 5.56 Å². The van der Waals surface area contributed by atoms with E-state index in [1.54, 1.807) is 0 Å². The molecule has 3 N–H and O–H groups in total. The highest BCUT2D eigenvalue weighted by atomic mass is 16.7. The van der Waals surface area contributed by atoms with Crippen LogP contribution in [-0.4, -0.2) is 48.5 Å². The third kappa shape index (κ3) is 7.00. The fourth-order valence-corrected chi connectivity index (χ4v) is 3.60. The molecular formula is C26H42N6O2. The predicted molar refractivity (Wildman–Crippen MR) is 142 cm³/mol. The Morgan fingerprint density at radius 3 is 2.32 bits per heavy atom. The van der Waals surface area contributed by atoms with Crippen LogP contribution >= 0.6 is 0 Å². The van der Waals surface area contributed by atoms with Gasteiger partial charge in [-0.2, -0.15) is 0 Å². The zero-order valence-corrected chi connectivity index (χ0v) is 22.3. The second-order valence-corrected chi connectivity index (χ2v) is 9.10. The highest BCUT2D eigenvalue weighted by molar-refractivity contribution is 5.86. The quantitative estimate of drug-likeness (QED) is 0.427. The van der Waals surface area contributed by atoms with Crippen LogP contribution in [-0.2, 0) is 6.54 Å². The minimum Gasteiger partial charge on any atom is -0.454 e. The van der Waals surface area contributed by atoms with Gasteiger partial charge in [0, 0.05) is 51.7 Å². The molecule has 3 heterocycles. The lowest BCUT2D eigenvalue weighted by Crippen LogP contribution is -2.29. The highest BCUT2D eigenvalue weighted by Gasteiger charge is 2.15. The summed E-state index contributed by atoms with van der Waals surface area (Å²) in [4.78, 5) is 8.93. The summed E-state index contributed by atoms with van der Waals surface area (Å²) in [5.74, 6) is 3.53. The summed E-state index contributed by atoms with van der Waals surface area (Å²) in [6.45, 7) is 18.0. The Balaban J connectivity index is 0.000000248. The van der Waals surface area contributed by atoms with Crippen molar-refractivity contribution in [2.24, 2.45) is 5.41 Å². The minimum absolute atomic E-state index is 0.315. The van der Waals surface area contributed by atoms with E-state index in [1.807, 2.05) is 66.2 Å². The Bertz CT molecular complexity index is 1050. The van der Waals surface area contributed by atoms with Gasteiger partial charge in [0.25, 0.3) is 0 Å². The molecule has 1 aliphatic heterocycles. The summed E-state index contributed by atoms with van der Waals surface area (Å²) in [7, 11) is 3.77. The zero-order chi connectivity index (χ0) is 25.3. The van der Waals surface area contributed by atoms with Gasteiger partial charge in [0.05, 0.1) is 5.52 Å². The molecule has 1 aromatic carbocycles. The Morgan fingerprint density at radius 1 is 1.03 bits per heavy atom. The monoisotopic (exact) mass is 470 g/mol. The summed E-state index contributed by atoms with van der Waals surface area (Å²) < 4.78 is 12.7. The Morgan fingerprint density at radius 2 is 1.71 bits per heavy atom. The van der Waals surface area contributed by atoms with Gasteiger partial charge in [-0.3, -0.25) is 0 Å². The van der Waals surface area contributed by atoms with E-state index in [0.717, 1.165) is 59.5 Å². The first-order valence-corrected chi connectivity index (χ1v) is 12.0. The third-order valence-corrected chi connectivity index (χ3v) is 5.25. The number of aromatic nitrogens is 3. The van der Waals surface area contributed by atoms with E-state index in [0.29, 0.717) is 12.2 Å². The van der Waals surface area contributed by atoms with Crippen molar-refractivity contribution in [2.75, 3.05) is 44.6 Å². The highest BCUT2D eigenvalue weighted by Crippen LogP contribution is 2.36. The molecule has 0 unspecified atom stereocenters. The van der Waals surface area contributed by atoms with Crippen molar-refractivity contribution < 1.29 is 9.47 Å². The standard InChI is InChI=1S/C15H25N5.C9H11NO2.C2H6/c1-11-19-13-12(6-7-18-14(13)16-5)20(11)9-8-17-10-15(2,3)4;1-6-3-8-9(12-5-11-8)4-7(6)10-2;1-2/h6-7,17H,8-10H2,1-5H3,(H,16,18);3-4,10H,5H2,1-2H3;1-2H3. The minimum atomic E-state index is 0.315. The molecule has 4 rings (SSSR count). The van der Waals surface area contributed by atoms with Crippen LogP contribution in [0.1, 0.15) is 46.0 Å². The first-order chi connectivity index (χ1) is 16.2. The predicted octanol–water partition coefficient (Wildman–Crippen LogP) is 5.21. The molecule has 2 aromatic heterocycles. The number of nitrogens with zero attached hydrogens (tertiary/aromatic N) is 3. The number of nitrogens with one attached hydrogen (secondary N) is 3. The second kappa shape index (κ2) is 12.5. The maximum absolute atomic E-state index is 5.23. The number of benzene rings is 1. The van der Waals surface area contributed by atoms with E-state index >= 15 is 0 Å². The van der Waals surface area contributed by atoms with Crippen LogP contribution in [0.15, 0.2) is 24.4 Å². The molecule has 3 aromatic rings. The Kier molecular flexibility index (Phi) is 9.98. The SMILES string of the molecule is CC.CNc1cc2c(cc1C)OCO2.CNc1nccc2c1nc(C)n2CCNCC(C)(C)C. The van der Waals surface area contributed by atoms with E-state index < -0.39 is 0 Å². The molecule has 0 amide bonds. The van der Waals surface area contributed by atoms with Crippen LogP contribution in [0, 0.1) is 19.3 Å². The van der Waals surface area contributed by atoms with Crippen molar-refractivity contribution in [3.63, 3.8) is 0 Å². The fraction of sp³-hybridized carbons (Fsp3) is 0.538. The van der Waals surface area contributed by atoms with Crippen molar-refractivity contribution in [1.29, 1.82) is 0 Å². The number of pyridine rings is 1. The van der Waals surface area contributed by atoms with Gasteiger partial charge in [-0.1, -0.05) is 34.6 Å². The number of aryl methyl sites for hydroxylation is 2. The van der Waals surface area contributed by atoms with Crippen LogP contribution in [0.4, 0.5) is 11.5 Å². The van der Waals surface area contributed by atoms with Gasteiger partial charge in [0.2, 0.25) is 6.79 Å². The number of hydrogen-bond donors (Lipinski definition) is 3. The molecule has 188 valence electrons. The van der Waals surface area contributed by atoms with Gasteiger partial charge < -0.3 is 30.0 Å². The third-order valence-electron chi connectivity index (χ3n) is 5.25. The molecule has 0 atom stereocenters. The molecular weight excluding hydrogens is 428 g/mol. The van der Waals surface area contributed by atoms with Crippen molar-refractivity contribution >= 4 is 22.5 Å². The Labute approximate surface area is 204 Å². The van der Waals surface area contributed by atoms with Crippen LogP contribution in [0.5, 0.6) is 11.5 Å². The summed E-state index contributed by atoms with van der Waals surface area (Å²) in [5, 5.41) is 9.69. The van der Waals surface area contributed by atoms with Crippen molar-refractivity contribution in [3.05, 3.63) is 35.8 Å². The maximum atomic E-state index is 5.23. The van der Waals surface area contributed by atoms with E-state index in [2.05, 4.69) is 51.3 Å². The van der Waals surface area contributed by atoms with Gasteiger partial charge >= 0.3 is 0 Å². The molecule has 0 saturated heterocycles. The molecule has 0 spiro atoms. The summed E-state index contributed by atoms with van der Waals surface area (Å²) in [6, 6.07) is 5.96. The summed E-state index contributed by atoms with van der Waals surface area (Å²) >= 11 is 0. The van der Waals surface area contributed by atoms with Gasteiger partial charge in [0.15, 0.2) is 17.3 Å². The number of anilines is 2. The molecule has 8 nitrogen and oxygen atoms in total.